The van der Waals surface area contributed by atoms with Crippen molar-refractivity contribution in [2.45, 2.75) is 32.1 Å². The van der Waals surface area contributed by atoms with Crippen LogP contribution in [0.15, 0.2) is 12.3 Å². The fraction of sp³-hybridized carbons (Fsp3) is 0.600. The van der Waals surface area contributed by atoms with Gasteiger partial charge in [0.25, 0.3) is 0 Å². The van der Waals surface area contributed by atoms with Crippen LogP contribution in [0.4, 0.5) is 11.5 Å². The van der Waals surface area contributed by atoms with Crippen molar-refractivity contribution < 1.29 is 9.53 Å². The number of nitrogen functional groups attached to an aromatic ring is 1. The van der Waals surface area contributed by atoms with Crippen molar-refractivity contribution in [2.24, 2.45) is 5.92 Å². The summed E-state index contributed by atoms with van der Waals surface area (Å²) in [6.07, 6.45) is 8.08. The molecule has 1 aromatic heterocycles. The summed E-state index contributed by atoms with van der Waals surface area (Å²) in [4.78, 5) is 18.1. The number of pyridine rings is 1. The predicted octanol–water partition coefficient (Wildman–Crippen LogP) is 2.47. The second kappa shape index (κ2) is 6.59. The highest BCUT2D eigenvalue weighted by Gasteiger charge is 2.18. The summed E-state index contributed by atoms with van der Waals surface area (Å²) in [6.45, 7) is 0.970. The summed E-state index contributed by atoms with van der Waals surface area (Å²) in [5.41, 5.74) is 6.50. The quantitative estimate of drug-likeness (QED) is 0.856. The van der Waals surface area contributed by atoms with Crippen molar-refractivity contribution in [3.05, 3.63) is 17.8 Å². The smallest absolute Gasteiger partial charge is 0.340 e. The Hall–Kier alpha value is -1.78. The lowest BCUT2D eigenvalue weighted by Crippen LogP contribution is -2.27. The lowest BCUT2D eigenvalue weighted by molar-refractivity contribution is 0.0602. The average molecular weight is 277 g/mol. The molecule has 0 aromatic carbocycles. The molecule has 0 unspecified atom stereocenters. The number of ether oxygens (including phenoxy) is 1. The van der Waals surface area contributed by atoms with Crippen LogP contribution in [-0.2, 0) is 4.74 Å². The maximum Gasteiger partial charge on any atom is 0.340 e. The molecule has 1 aromatic rings. The van der Waals surface area contributed by atoms with Crippen molar-refractivity contribution in [1.29, 1.82) is 0 Å². The third-order valence-electron chi connectivity index (χ3n) is 3.97. The Labute approximate surface area is 120 Å². The van der Waals surface area contributed by atoms with Gasteiger partial charge in [0.1, 0.15) is 5.82 Å². The van der Waals surface area contributed by atoms with Gasteiger partial charge in [-0.25, -0.2) is 9.78 Å². The molecule has 0 saturated heterocycles. The lowest BCUT2D eigenvalue weighted by Gasteiger charge is -2.27. The fourth-order valence-corrected chi connectivity index (χ4v) is 2.80. The zero-order chi connectivity index (χ0) is 14.5. The number of aromatic nitrogens is 1. The SMILES string of the molecule is COC(=O)c1cc(N(C)CC2CCCCC2)ncc1N. The first-order valence-corrected chi connectivity index (χ1v) is 7.16. The van der Waals surface area contributed by atoms with E-state index in [1.165, 1.54) is 45.4 Å². The molecule has 1 aliphatic carbocycles. The Morgan fingerprint density at radius 2 is 2.15 bits per heavy atom. The van der Waals surface area contributed by atoms with Crippen LogP contribution in [0.2, 0.25) is 0 Å². The second-order valence-electron chi connectivity index (χ2n) is 5.51. The molecule has 0 radical (unpaired) electrons. The standard InChI is InChI=1S/C15H23N3O2/c1-18(10-11-6-4-3-5-7-11)14-8-12(15(19)20-2)13(16)9-17-14/h8-9,11H,3-7,10,16H2,1-2H3. The van der Waals surface area contributed by atoms with E-state index in [4.69, 9.17) is 10.5 Å². The molecule has 1 fully saturated rings. The Kier molecular flexibility index (Phi) is 4.82. The van der Waals surface area contributed by atoms with Crippen LogP contribution in [0, 0.1) is 5.92 Å². The van der Waals surface area contributed by atoms with Crippen molar-refractivity contribution in [3.8, 4) is 0 Å². The van der Waals surface area contributed by atoms with Gasteiger partial charge in [0, 0.05) is 13.6 Å². The van der Waals surface area contributed by atoms with Gasteiger partial charge in [-0.1, -0.05) is 19.3 Å². The van der Waals surface area contributed by atoms with Crippen LogP contribution in [0.25, 0.3) is 0 Å². The highest BCUT2D eigenvalue weighted by atomic mass is 16.5. The van der Waals surface area contributed by atoms with Crippen LogP contribution in [0.1, 0.15) is 42.5 Å². The molecule has 1 heterocycles. The number of carbonyl (C=O) groups excluding carboxylic acids is 1. The topological polar surface area (TPSA) is 68.5 Å². The molecular weight excluding hydrogens is 254 g/mol. The molecule has 2 rings (SSSR count). The summed E-state index contributed by atoms with van der Waals surface area (Å²) in [7, 11) is 3.36. The van der Waals surface area contributed by atoms with Gasteiger partial charge in [-0.05, 0) is 24.8 Å². The van der Waals surface area contributed by atoms with Crippen LogP contribution in [0.5, 0.6) is 0 Å². The maximum atomic E-state index is 11.7. The third-order valence-corrected chi connectivity index (χ3v) is 3.97. The van der Waals surface area contributed by atoms with Crippen LogP contribution in [0.3, 0.4) is 0 Å². The van der Waals surface area contributed by atoms with Gasteiger partial charge in [-0.2, -0.15) is 0 Å². The van der Waals surface area contributed by atoms with E-state index in [0.717, 1.165) is 18.3 Å². The second-order valence-corrected chi connectivity index (χ2v) is 5.51. The minimum Gasteiger partial charge on any atom is -0.465 e. The number of rotatable bonds is 4. The summed E-state index contributed by atoms with van der Waals surface area (Å²) in [5, 5.41) is 0. The van der Waals surface area contributed by atoms with Gasteiger partial charge in [-0.15, -0.1) is 0 Å². The van der Waals surface area contributed by atoms with Crippen LogP contribution in [-0.4, -0.2) is 31.7 Å². The number of nitrogens with zero attached hydrogens (tertiary/aromatic N) is 2. The number of esters is 1. The van der Waals surface area contributed by atoms with E-state index in [-0.39, 0.29) is 0 Å². The summed E-state index contributed by atoms with van der Waals surface area (Å²) >= 11 is 0. The van der Waals surface area contributed by atoms with Crippen molar-refractivity contribution in [2.75, 3.05) is 31.3 Å². The van der Waals surface area contributed by atoms with Crippen LogP contribution < -0.4 is 10.6 Å². The van der Waals surface area contributed by atoms with E-state index < -0.39 is 5.97 Å². The Morgan fingerprint density at radius 3 is 2.80 bits per heavy atom. The number of hydrogen-bond acceptors (Lipinski definition) is 5. The zero-order valence-electron chi connectivity index (χ0n) is 12.3. The van der Waals surface area contributed by atoms with Crippen molar-refractivity contribution in [3.63, 3.8) is 0 Å². The monoisotopic (exact) mass is 277 g/mol. The number of anilines is 2. The van der Waals surface area contributed by atoms with Crippen molar-refractivity contribution in [1.82, 2.24) is 4.98 Å². The van der Waals surface area contributed by atoms with Gasteiger partial charge < -0.3 is 15.4 Å². The summed E-state index contributed by atoms with van der Waals surface area (Å²) < 4.78 is 4.74. The van der Waals surface area contributed by atoms with E-state index >= 15 is 0 Å². The first-order valence-electron chi connectivity index (χ1n) is 7.16. The molecule has 5 heteroatoms. The molecule has 0 amide bonds. The third kappa shape index (κ3) is 3.40. The summed E-state index contributed by atoms with van der Waals surface area (Å²) in [6, 6.07) is 1.71. The summed E-state index contributed by atoms with van der Waals surface area (Å²) in [5.74, 6) is 1.07. The molecule has 0 aliphatic heterocycles. The number of carbonyl (C=O) groups is 1. The van der Waals surface area contributed by atoms with E-state index in [1.54, 1.807) is 6.07 Å². The maximum absolute atomic E-state index is 11.7. The minimum absolute atomic E-state index is 0.353. The van der Waals surface area contributed by atoms with E-state index in [2.05, 4.69) is 9.88 Å². The molecule has 1 saturated carbocycles. The zero-order valence-corrected chi connectivity index (χ0v) is 12.3. The fourth-order valence-electron chi connectivity index (χ4n) is 2.80. The highest BCUT2D eigenvalue weighted by molar-refractivity contribution is 5.95. The van der Waals surface area contributed by atoms with Gasteiger partial charge in [0.15, 0.2) is 0 Å². The lowest BCUT2D eigenvalue weighted by atomic mass is 9.89. The largest absolute Gasteiger partial charge is 0.465 e. The molecule has 5 nitrogen and oxygen atoms in total. The highest BCUT2D eigenvalue weighted by Crippen LogP contribution is 2.26. The molecule has 110 valence electrons. The first kappa shape index (κ1) is 14.6. The van der Waals surface area contributed by atoms with E-state index in [9.17, 15) is 4.79 Å². The van der Waals surface area contributed by atoms with Crippen molar-refractivity contribution >= 4 is 17.5 Å². The van der Waals surface area contributed by atoms with Gasteiger partial charge in [-0.3, -0.25) is 0 Å². The average Bonchev–Trinajstić information content (AvgIpc) is 2.48. The minimum atomic E-state index is -0.419. The van der Waals surface area contributed by atoms with Gasteiger partial charge in [0.2, 0.25) is 0 Å². The first-order chi connectivity index (χ1) is 9.61. The van der Waals surface area contributed by atoms with E-state index in [1.807, 2.05) is 7.05 Å². The number of hydrogen-bond donors (Lipinski definition) is 1. The molecule has 2 N–H and O–H groups in total. The molecule has 0 bridgehead atoms. The molecule has 20 heavy (non-hydrogen) atoms. The molecule has 0 spiro atoms. The van der Waals surface area contributed by atoms with Gasteiger partial charge in [0.05, 0.1) is 24.6 Å². The normalized spacial score (nSPS) is 15.9. The Balaban J connectivity index is 2.09. The molecular formula is C15H23N3O2. The van der Waals surface area contributed by atoms with Gasteiger partial charge >= 0.3 is 5.97 Å². The Bertz CT molecular complexity index is 470. The van der Waals surface area contributed by atoms with Crippen LogP contribution >= 0.6 is 0 Å². The number of methoxy groups -OCH3 is 1. The Morgan fingerprint density at radius 1 is 1.45 bits per heavy atom. The number of nitrogens with two attached hydrogens (primary N) is 1. The molecule has 1 aliphatic rings. The van der Waals surface area contributed by atoms with E-state index in [0.29, 0.717) is 11.3 Å². The predicted molar refractivity (Wildman–Crippen MR) is 79.8 cm³/mol. The molecule has 0 atom stereocenters.